The molecule has 1 heterocycles. The van der Waals surface area contributed by atoms with Crippen LogP contribution in [0.1, 0.15) is 19.3 Å². The van der Waals surface area contributed by atoms with Crippen molar-refractivity contribution in [1.82, 2.24) is 5.32 Å². The normalized spacial score (nSPS) is 44.2. The van der Waals surface area contributed by atoms with Crippen LogP contribution in [-0.2, 0) is 4.79 Å². The maximum Gasteiger partial charge on any atom is 0.324 e. The predicted octanol–water partition coefficient (Wildman–Crippen LogP) is 0.213. The van der Waals surface area contributed by atoms with Gasteiger partial charge in [-0.1, -0.05) is 0 Å². The molecule has 2 fully saturated rings. The Morgan fingerprint density at radius 3 is 3.00 bits per heavy atom. The average molecular weight is 141 g/mol. The fraction of sp³-hybridized carbons (Fsp3) is 0.857. The highest BCUT2D eigenvalue weighted by atomic mass is 16.4. The molecule has 3 heteroatoms. The first-order valence-corrected chi connectivity index (χ1v) is 3.74. The van der Waals surface area contributed by atoms with Gasteiger partial charge in [-0.2, -0.15) is 0 Å². The first kappa shape index (κ1) is 6.16. The minimum Gasteiger partial charge on any atom is -0.480 e. The number of carboxylic acids is 1. The Kier molecular flexibility index (Phi) is 1.06. The van der Waals surface area contributed by atoms with E-state index in [4.69, 9.17) is 5.11 Å². The van der Waals surface area contributed by atoms with Gasteiger partial charge in [0.15, 0.2) is 0 Å². The van der Waals surface area contributed by atoms with Crippen molar-refractivity contribution in [2.45, 2.75) is 24.8 Å². The summed E-state index contributed by atoms with van der Waals surface area (Å²) < 4.78 is 0. The van der Waals surface area contributed by atoms with E-state index in [0.717, 1.165) is 25.8 Å². The zero-order chi connectivity index (χ0) is 7.19. The fourth-order valence-corrected chi connectivity index (χ4v) is 1.89. The lowest BCUT2D eigenvalue weighted by atomic mass is 10.1. The molecule has 3 nitrogen and oxygen atoms in total. The van der Waals surface area contributed by atoms with E-state index in [0.29, 0.717) is 5.92 Å². The monoisotopic (exact) mass is 141 g/mol. The molecule has 0 radical (unpaired) electrons. The molecule has 0 spiro atoms. The summed E-state index contributed by atoms with van der Waals surface area (Å²) in [4.78, 5) is 10.7. The summed E-state index contributed by atoms with van der Waals surface area (Å²) >= 11 is 0. The Morgan fingerprint density at radius 2 is 2.50 bits per heavy atom. The number of piperidine rings is 1. The minimum atomic E-state index is -0.655. The van der Waals surface area contributed by atoms with Crippen LogP contribution in [-0.4, -0.2) is 23.2 Å². The summed E-state index contributed by atoms with van der Waals surface area (Å²) in [6.07, 6.45) is 3.08. The molecule has 10 heavy (non-hydrogen) atoms. The van der Waals surface area contributed by atoms with Gasteiger partial charge in [0.1, 0.15) is 5.54 Å². The number of aliphatic carboxylic acids is 1. The van der Waals surface area contributed by atoms with Crippen molar-refractivity contribution in [3.8, 4) is 0 Å². The van der Waals surface area contributed by atoms with E-state index >= 15 is 0 Å². The molecule has 0 amide bonds. The third-order valence-electron chi connectivity index (χ3n) is 2.66. The first-order chi connectivity index (χ1) is 4.76. The summed E-state index contributed by atoms with van der Waals surface area (Å²) in [6, 6.07) is 0. The van der Waals surface area contributed by atoms with Gasteiger partial charge in [0.05, 0.1) is 0 Å². The van der Waals surface area contributed by atoms with Gasteiger partial charge in [0, 0.05) is 0 Å². The molecule has 1 saturated heterocycles. The summed E-state index contributed by atoms with van der Waals surface area (Å²) in [5, 5.41) is 11.8. The molecule has 1 aliphatic heterocycles. The van der Waals surface area contributed by atoms with E-state index in [9.17, 15) is 4.79 Å². The molecule has 2 unspecified atom stereocenters. The van der Waals surface area contributed by atoms with Crippen molar-refractivity contribution in [2.75, 3.05) is 6.54 Å². The van der Waals surface area contributed by atoms with Crippen molar-refractivity contribution in [2.24, 2.45) is 5.92 Å². The molecule has 0 aromatic heterocycles. The molecule has 0 aromatic carbocycles. The van der Waals surface area contributed by atoms with Gasteiger partial charge in [-0.3, -0.25) is 4.79 Å². The largest absolute Gasteiger partial charge is 0.480 e. The van der Waals surface area contributed by atoms with E-state index in [2.05, 4.69) is 5.32 Å². The number of carbonyl (C=O) groups is 1. The summed E-state index contributed by atoms with van der Waals surface area (Å²) in [6.45, 7) is 0.878. The Morgan fingerprint density at radius 1 is 1.70 bits per heavy atom. The van der Waals surface area contributed by atoms with Gasteiger partial charge in [-0.15, -0.1) is 0 Å². The number of fused-ring (bicyclic) bond motifs is 1. The van der Waals surface area contributed by atoms with Gasteiger partial charge in [-0.05, 0) is 31.7 Å². The summed E-state index contributed by atoms with van der Waals surface area (Å²) in [5.41, 5.74) is -0.488. The molecule has 56 valence electrons. The molecule has 2 aliphatic rings. The number of carboxylic acid groups (broad SMARTS) is 1. The van der Waals surface area contributed by atoms with Gasteiger partial charge in [0.25, 0.3) is 0 Å². The van der Waals surface area contributed by atoms with Crippen LogP contribution < -0.4 is 5.32 Å². The molecular formula is C7H11NO2. The molecule has 2 N–H and O–H groups in total. The quantitative estimate of drug-likeness (QED) is 0.549. The zero-order valence-electron chi connectivity index (χ0n) is 5.76. The first-order valence-electron chi connectivity index (χ1n) is 3.74. The van der Waals surface area contributed by atoms with E-state index < -0.39 is 11.5 Å². The molecular weight excluding hydrogens is 130 g/mol. The molecule has 1 aliphatic carbocycles. The highest BCUT2D eigenvalue weighted by Crippen LogP contribution is 2.48. The number of hydrogen-bond donors (Lipinski definition) is 2. The van der Waals surface area contributed by atoms with Gasteiger partial charge < -0.3 is 10.4 Å². The second-order valence-electron chi connectivity index (χ2n) is 3.25. The smallest absolute Gasteiger partial charge is 0.324 e. The number of rotatable bonds is 1. The highest BCUT2D eigenvalue weighted by Gasteiger charge is 2.60. The number of nitrogens with one attached hydrogen (secondary N) is 1. The maximum absolute atomic E-state index is 10.7. The van der Waals surface area contributed by atoms with Gasteiger partial charge in [-0.25, -0.2) is 0 Å². The molecule has 2 atom stereocenters. The van der Waals surface area contributed by atoms with Crippen LogP contribution in [0, 0.1) is 5.92 Å². The molecule has 2 rings (SSSR count). The lowest BCUT2D eigenvalue weighted by Gasteiger charge is -2.18. The highest BCUT2D eigenvalue weighted by molar-refractivity contribution is 5.83. The second-order valence-corrected chi connectivity index (χ2v) is 3.25. The Hall–Kier alpha value is -0.570. The van der Waals surface area contributed by atoms with Gasteiger partial charge >= 0.3 is 5.97 Å². The third-order valence-corrected chi connectivity index (χ3v) is 2.66. The van der Waals surface area contributed by atoms with Crippen LogP contribution in [0.4, 0.5) is 0 Å². The van der Waals surface area contributed by atoms with E-state index in [1.807, 2.05) is 0 Å². The summed E-state index contributed by atoms with van der Waals surface area (Å²) in [7, 11) is 0. The SMILES string of the molecule is O=C(O)C12CC1CCCN2. The van der Waals surface area contributed by atoms with Crippen molar-refractivity contribution in [3.05, 3.63) is 0 Å². The van der Waals surface area contributed by atoms with Crippen LogP contribution in [0.3, 0.4) is 0 Å². The molecule has 1 saturated carbocycles. The van der Waals surface area contributed by atoms with Crippen molar-refractivity contribution < 1.29 is 9.90 Å². The second kappa shape index (κ2) is 1.72. The lowest BCUT2D eigenvalue weighted by Crippen LogP contribution is -2.44. The Labute approximate surface area is 59.4 Å². The van der Waals surface area contributed by atoms with Crippen LogP contribution >= 0.6 is 0 Å². The van der Waals surface area contributed by atoms with Gasteiger partial charge in [0.2, 0.25) is 0 Å². The Balaban J connectivity index is 2.12. The average Bonchev–Trinajstić information content (AvgIpc) is 2.61. The van der Waals surface area contributed by atoms with Crippen LogP contribution in [0.5, 0.6) is 0 Å². The minimum absolute atomic E-state index is 0.429. The predicted molar refractivity (Wildman–Crippen MR) is 35.7 cm³/mol. The number of hydrogen-bond acceptors (Lipinski definition) is 2. The molecule has 0 aromatic rings. The van der Waals surface area contributed by atoms with Crippen LogP contribution in [0.2, 0.25) is 0 Å². The molecule has 0 bridgehead atoms. The van der Waals surface area contributed by atoms with E-state index in [-0.39, 0.29) is 0 Å². The van der Waals surface area contributed by atoms with Crippen molar-refractivity contribution in [3.63, 3.8) is 0 Å². The van der Waals surface area contributed by atoms with E-state index in [1.54, 1.807) is 0 Å². The zero-order valence-corrected chi connectivity index (χ0v) is 5.76. The lowest BCUT2D eigenvalue weighted by molar-refractivity contribution is -0.141. The topological polar surface area (TPSA) is 49.3 Å². The standard InChI is InChI=1S/C7H11NO2/c9-6(10)7-4-5(7)2-1-3-8-7/h5,8H,1-4H2,(H,9,10). The summed E-state index contributed by atoms with van der Waals surface area (Å²) in [5.74, 6) is -0.226. The van der Waals surface area contributed by atoms with Crippen LogP contribution in [0.15, 0.2) is 0 Å². The fourth-order valence-electron chi connectivity index (χ4n) is 1.89. The Bertz CT molecular complexity index is 180. The maximum atomic E-state index is 10.7. The third kappa shape index (κ3) is 0.611. The van der Waals surface area contributed by atoms with Crippen molar-refractivity contribution >= 4 is 5.97 Å². The van der Waals surface area contributed by atoms with Crippen LogP contribution in [0.25, 0.3) is 0 Å². The van der Waals surface area contributed by atoms with Crippen molar-refractivity contribution in [1.29, 1.82) is 0 Å². The van der Waals surface area contributed by atoms with E-state index in [1.165, 1.54) is 0 Å².